The Kier molecular flexibility index (Phi) is 6.49. The molecule has 1 aromatic carbocycles. The van der Waals surface area contributed by atoms with Crippen LogP contribution in [0.1, 0.15) is 47.3 Å². The first-order valence-electron chi connectivity index (χ1n) is 10.9. The topological polar surface area (TPSA) is 143 Å². The number of aromatic amines is 1. The van der Waals surface area contributed by atoms with Crippen LogP contribution in [0.5, 0.6) is 0 Å². The molecule has 1 aliphatic rings. The molecule has 3 N–H and O–H groups in total. The van der Waals surface area contributed by atoms with Crippen molar-refractivity contribution in [3.05, 3.63) is 80.6 Å². The summed E-state index contributed by atoms with van der Waals surface area (Å²) in [6.45, 7) is 5.68. The number of aromatic nitrogens is 3. The molecule has 34 heavy (non-hydrogen) atoms. The second kappa shape index (κ2) is 9.35. The van der Waals surface area contributed by atoms with Crippen LogP contribution < -0.4 is 21.3 Å². The lowest BCUT2D eigenvalue weighted by molar-refractivity contribution is 0.102. The highest BCUT2D eigenvalue weighted by atomic mass is 32.2. The number of hydrogen-bond donors (Lipinski definition) is 3. The molecule has 11 heteroatoms. The summed E-state index contributed by atoms with van der Waals surface area (Å²) < 4.78 is 27.8. The summed E-state index contributed by atoms with van der Waals surface area (Å²) in [7, 11) is -3.50. The van der Waals surface area contributed by atoms with Gasteiger partial charge in [-0.05, 0) is 43.5 Å². The van der Waals surface area contributed by atoms with E-state index in [0.717, 1.165) is 12.8 Å². The van der Waals surface area contributed by atoms with Crippen molar-refractivity contribution in [3.8, 4) is 0 Å². The molecule has 1 fully saturated rings. The Balaban J connectivity index is 1.65. The van der Waals surface area contributed by atoms with Crippen LogP contribution in [0.2, 0.25) is 0 Å². The minimum atomic E-state index is -3.50. The van der Waals surface area contributed by atoms with Crippen molar-refractivity contribution in [3.63, 3.8) is 0 Å². The number of amides is 1. The highest BCUT2D eigenvalue weighted by Gasteiger charge is 2.28. The van der Waals surface area contributed by atoms with Crippen molar-refractivity contribution in [2.24, 2.45) is 0 Å². The van der Waals surface area contributed by atoms with Crippen molar-refractivity contribution in [1.82, 2.24) is 19.3 Å². The third kappa shape index (κ3) is 5.00. The first-order chi connectivity index (χ1) is 16.2. The summed E-state index contributed by atoms with van der Waals surface area (Å²) in [6, 6.07) is 8.00. The zero-order chi connectivity index (χ0) is 24.5. The van der Waals surface area contributed by atoms with Gasteiger partial charge in [-0.2, -0.15) is 0 Å². The zero-order valence-corrected chi connectivity index (χ0v) is 19.4. The Hall–Kier alpha value is -3.57. The third-order valence-electron chi connectivity index (χ3n) is 5.54. The predicted molar refractivity (Wildman–Crippen MR) is 129 cm³/mol. The molecule has 0 bridgehead atoms. The maximum Gasteiger partial charge on any atom is 0.329 e. The standard InChI is InChI=1S/C23H25N5O5S/c1-3-11-24-34(32,33)13-14-5-9-16(10-6-14)25-21(29)17-12-18(15-7-8-15)26-20-19(17)22(30)27-23(31)28(20)4-2/h3,5-6,9-10,12,15,24H,1,4,7-8,11,13H2,2H3,(H,25,29)(H,27,30,31). The molecule has 1 aliphatic carbocycles. The van der Waals surface area contributed by atoms with Crippen LogP contribution in [0.4, 0.5) is 5.69 Å². The van der Waals surface area contributed by atoms with E-state index < -0.39 is 27.2 Å². The van der Waals surface area contributed by atoms with Gasteiger partial charge in [-0.1, -0.05) is 18.2 Å². The van der Waals surface area contributed by atoms with Gasteiger partial charge < -0.3 is 5.32 Å². The number of anilines is 1. The molecule has 0 radical (unpaired) electrons. The summed E-state index contributed by atoms with van der Waals surface area (Å²) in [5, 5.41) is 2.81. The Labute approximate surface area is 195 Å². The van der Waals surface area contributed by atoms with Crippen molar-refractivity contribution in [2.75, 3.05) is 11.9 Å². The summed E-state index contributed by atoms with van der Waals surface area (Å²) >= 11 is 0. The van der Waals surface area contributed by atoms with Gasteiger partial charge in [-0.15, -0.1) is 6.58 Å². The molecular weight excluding hydrogens is 458 g/mol. The molecule has 1 amide bonds. The molecule has 1 saturated carbocycles. The Morgan fingerprint density at radius 2 is 1.97 bits per heavy atom. The average molecular weight is 484 g/mol. The normalized spacial score (nSPS) is 13.7. The highest BCUT2D eigenvalue weighted by Crippen LogP contribution is 2.40. The Bertz CT molecular complexity index is 1490. The van der Waals surface area contributed by atoms with E-state index >= 15 is 0 Å². The van der Waals surface area contributed by atoms with Gasteiger partial charge in [-0.3, -0.25) is 19.1 Å². The van der Waals surface area contributed by atoms with Crippen molar-refractivity contribution < 1.29 is 13.2 Å². The van der Waals surface area contributed by atoms with E-state index in [4.69, 9.17) is 0 Å². The number of hydrogen-bond acceptors (Lipinski definition) is 6. The number of nitrogens with zero attached hydrogens (tertiary/aromatic N) is 2. The molecule has 0 atom stereocenters. The summed E-state index contributed by atoms with van der Waals surface area (Å²) in [6.07, 6.45) is 3.33. The van der Waals surface area contributed by atoms with Gasteiger partial charge in [0.25, 0.3) is 11.5 Å². The van der Waals surface area contributed by atoms with E-state index in [1.807, 2.05) is 0 Å². The number of fused-ring (bicyclic) bond motifs is 1. The van der Waals surface area contributed by atoms with Gasteiger partial charge in [0.05, 0.1) is 16.7 Å². The minimum Gasteiger partial charge on any atom is -0.322 e. The highest BCUT2D eigenvalue weighted by molar-refractivity contribution is 7.88. The fraction of sp³-hybridized carbons (Fsp3) is 0.304. The number of sulfonamides is 1. The molecule has 2 aromatic heterocycles. The number of carbonyl (C=O) groups excluding carboxylic acids is 1. The first kappa shape index (κ1) is 23.6. The number of carbonyl (C=O) groups is 1. The summed E-state index contributed by atoms with van der Waals surface area (Å²) in [5.41, 5.74) is 0.746. The number of nitrogens with one attached hydrogen (secondary N) is 3. The second-order valence-electron chi connectivity index (χ2n) is 8.12. The van der Waals surface area contributed by atoms with Gasteiger partial charge in [0.2, 0.25) is 10.0 Å². The van der Waals surface area contributed by atoms with Crippen LogP contribution >= 0.6 is 0 Å². The van der Waals surface area contributed by atoms with Crippen LogP contribution in [0.3, 0.4) is 0 Å². The van der Waals surface area contributed by atoms with E-state index in [1.165, 1.54) is 10.6 Å². The number of pyridine rings is 1. The SMILES string of the molecule is C=CCNS(=O)(=O)Cc1ccc(NC(=O)c2cc(C3CC3)nc3c2c(=O)[nH]c(=O)n3CC)cc1. The number of aryl methyl sites for hydroxylation is 1. The fourth-order valence-corrected chi connectivity index (χ4v) is 4.80. The van der Waals surface area contributed by atoms with Crippen LogP contribution in [0, 0.1) is 0 Å². The Morgan fingerprint density at radius 1 is 1.26 bits per heavy atom. The van der Waals surface area contributed by atoms with E-state index in [2.05, 4.69) is 26.6 Å². The lowest BCUT2D eigenvalue weighted by Gasteiger charge is -2.13. The van der Waals surface area contributed by atoms with E-state index in [-0.39, 0.29) is 34.8 Å². The molecule has 0 unspecified atom stereocenters. The molecule has 4 rings (SSSR count). The molecule has 2 heterocycles. The van der Waals surface area contributed by atoms with Crippen molar-refractivity contribution in [1.29, 1.82) is 0 Å². The summed E-state index contributed by atoms with van der Waals surface area (Å²) in [4.78, 5) is 44.9. The van der Waals surface area contributed by atoms with Crippen molar-refractivity contribution in [2.45, 2.75) is 38.0 Å². The lowest BCUT2D eigenvalue weighted by atomic mass is 10.1. The molecule has 3 aromatic rings. The lowest BCUT2D eigenvalue weighted by Crippen LogP contribution is -2.32. The monoisotopic (exact) mass is 483 g/mol. The average Bonchev–Trinajstić information content (AvgIpc) is 3.64. The van der Waals surface area contributed by atoms with Crippen LogP contribution in [0.15, 0.2) is 52.6 Å². The van der Waals surface area contributed by atoms with Crippen LogP contribution in [-0.2, 0) is 22.3 Å². The van der Waals surface area contributed by atoms with Gasteiger partial charge in [0.15, 0.2) is 5.65 Å². The van der Waals surface area contributed by atoms with Gasteiger partial charge in [0.1, 0.15) is 0 Å². The quantitative estimate of drug-likeness (QED) is 0.396. The van der Waals surface area contributed by atoms with Crippen LogP contribution in [0.25, 0.3) is 11.0 Å². The minimum absolute atomic E-state index is 0.0550. The van der Waals surface area contributed by atoms with E-state index in [9.17, 15) is 22.8 Å². The maximum absolute atomic E-state index is 13.2. The predicted octanol–water partition coefficient (Wildman–Crippen LogP) is 1.84. The van der Waals surface area contributed by atoms with E-state index in [0.29, 0.717) is 23.5 Å². The first-order valence-corrected chi connectivity index (χ1v) is 12.5. The largest absolute Gasteiger partial charge is 0.329 e. The van der Waals surface area contributed by atoms with Crippen LogP contribution in [-0.4, -0.2) is 35.4 Å². The molecule has 0 spiro atoms. The van der Waals surface area contributed by atoms with Gasteiger partial charge >= 0.3 is 5.69 Å². The second-order valence-corrected chi connectivity index (χ2v) is 9.93. The molecule has 178 valence electrons. The van der Waals surface area contributed by atoms with Crippen molar-refractivity contribution >= 4 is 32.7 Å². The molecule has 0 aliphatic heterocycles. The number of H-pyrrole nitrogens is 1. The number of rotatable bonds is 9. The maximum atomic E-state index is 13.2. The molecular formula is C23H25N5O5S. The third-order valence-corrected chi connectivity index (χ3v) is 6.86. The molecule has 10 nitrogen and oxygen atoms in total. The van der Waals surface area contributed by atoms with Gasteiger partial charge in [0, 0.05) is 30.4 Å². The Morgan fingerprint density at radius 3 is 2.59 bits per heavy atom. The number of benzene rings is 1. The molecule has 0 saturated heterocycles. The van der Waals surface area contributed by atoms with E-state index in [1.54, 1.807) is 37.3 Å². The smallest absolute Gasteiger partial charge is 0.322 e. The van der Waals surface area contributed by atoms with Gasteiger partial charge in [-0.25, -0.2) is 22.9 Å². The summed E-state index contributed by atoms with van der Waals surface area (Å²) in [5.74, 6) is -0.528. The zero-order valence-electron chi connectivity index (χ0n) is 18.6. The fourth-order valence-electron chi connectivity index (χ4n) is 3.69.